The molecule has 0 aliphatic carbocycles. The number of hydrogen-bond acceptors (Lipinski definition) is 5. The van der Waals surface area contributed by atoms with E-state index in [0.29, 0.717) is 24.4 Å². The Bertz CT molecular complexity index is 515. The zero-order chi connectivity index (χ0) is 15.4. The number of carboxylic acids is 1. The number of likely N-dealkylation sites (tertiary alicyclic amines) is 1. The Balaban J connectivity index is 2.18. The Kier molecular flexibility index (Phi) is 5.33. The van der Waals surface area contributed by atoms with E-state index >= 15 is 0 Å². The fourth-order valence-corrected chi connectivity index (χ4v) is 3.48. The lowest BCUT2D eigenvalue weighted by Gasteiger charge is -2.23. The van der Waals surface area contributed by atoms with E-state index in [1.165, 1.54) is 11.3 Å². The van der Waals surface area contributed by atoms with Crippen LogP contribution in [0, 0.1) is 0 Å². The largest absolute Gasteiger partial charge is 0.481 e. The molecule has 21 heavy (non-hydrogen) atoms. The summed E-state index contributed by atoms with van der Waals surface area (Å²) in [6.45, 7) is 0.799. The second kappa shape index (κ2) is 7.02. The molecule has 7 heteroatoms. The van der Waals surface area contributed by atoms with E-state index in [0.717, 1.165) is 5.56 Å². The van der Waals surface area contributed by atoms with Crippen LogP contribution in [0.3, 0.4) is 0 Å². The number of methoxy groups -OCH3 is 2. The molecule has 1 saturated heterocycles. The predicted octanol–water partition coefficient (Wildman–Crippen LogP) is 1.60. The molecule has 2 rings (SSSR count). The van der Waals surface area contributed by atoms with Crippen LogP contribution < -0.4 is 0 Å². The average molecular weight is 313 g/mol. The number of carboxylic acid groups (broad SMARTS) is 1. The molecule has 1 aromatic rings. The summed E-state index contributed by atoms with van der Waals surface area (Å²) in [5.41, 5.74) is 0.836. The molecule has 1 aromatic heterocycles. The van der Waals surface area contributed by atoms with Gasteiger partial charge in [-0.25, -0.2) is 0 Å². The van der Waals surface area contributed by atoms with Gasteiger partial charge in [0.1, 0.15) is 0 Å². The second-order valence-corrected chi connectivity index (χ2v) is 5.93. The minimum absolute atomic E-state index is 0.0589. The lowest BCUT2D eigenvalue weighted by Crippen LogP contribution is -2.37. The molecule has 0 radical (unpaired) electrons. The Hall–Kier alpha value is -1.44. The Morgan fingerprint density at radius 1 is 1.48 bits per heavy atom. The van der Waals surface area contributed by atoms with Gasteiger partial charge in [-0.2, -0.15) is 0 Å². The molecule has 1 aliphatic rings. The molecule has 1 amide bonds. The predicted molar refractivity (Wildman–Crippen MR) is 77.5 cm³/mol. The van der Waals surface area contributed by atoms with E-state index in [9.17, 15) is 9.59 Å². The minimum atomic E-state index is -0.905. The van der Waals surface area contributed by atoms with Crippen molar-refractivity contribution in [3.05, 3.63) is 21.9 Å². The summed E-state index contributed by atoms with van der Waals surface area (Å²) < 4.78 is 10.4. The standard InChI is InChI=1S/C14H19NO5S/c1-19-8-9-3-4-21-13(9)14(18)15-7-11(20-2)5-10(15)6-12(16)17/h3-4,10-11H,5-8H2,1-2H3,(H,16,17). The summed E-state index contributed by atoms with van der Waals surface area (Å²) in [4.78, 5) is 25.9. The first-order valence-electron chi connectivity index (χ1n) is 6.67. The van der Waals surface area contributed by atoms with Gasteiger partial charge in [0.25, 0.3) is 5.91 Å². The topological polar surface area (TPSA) is 76.1 Å². The smallest absolute Gasteiger partial charge is 0.305 e. The van der Waals surface area contributed by atoms with Crippen molar-refractivity contribution in [2.75, 3.05) is 20.8 Å². The fraction of sp³-hybridized carbons (Fsp3) is 0.571. The van der Waals surface area contributed by atoms with Crippen LogP contribution >= 0.6 is 11.3 Å². The van der Waals surface area contributed by atoms with Crippen LogP contribution in [0.2, 0.25) is 0 Å². The van der Waals surface area contributed by atoms with E-state index in [2.05, 4.69) is 0 Å². The molecule has 2 heterocycles. The number of ether oxygens (including phenoxy) is 2. The third-order valence-electron chi connectivity index (χ3n) is 3.62. The number of amides is 1. The van der Waals surface area contributed by atoms with E-state index in [1.54, 1.807) is 19.1 Å². The highest BCUT2D eigenvalue weighted by atomic mass is 32.1. The van der Waals surface area contributed by atoms with Crippen LogP contribution in [0.4, 0.5) is 0 Å². The Morgan fingerprint density at radius 2 is 2.24 bits per heavy atom. The molecular weight excluding hydrogens is 294 g/mol. The van der Waals surface area contributed by atoms with Crippen molar-refractivity contribution >= 4 is 23.2 Å². The molecule has 116 valence electrons. The van der Waals surface area contributed by atoms with E-state index in [1.807, 2.05) is 11.4 Å². The van der Waals surface area contributed by atoms with Gasteiger partial charge in [0.2, 0.25) is 0 Å². The molecule has 0 aromatic carbocycles. The van der Waals surface area contributed by atoms with Crippen molar-refractivity contribution in [2.24, 2.45) is 0 Å². The van der Waals surface area contributed by atoms with Gasteiger partial charge in [-0.3, -0.25) is 9.59 Å². The highest BCUT2D eigenvalue weighted by Gasteiger charge is 2.37. The van der Waals surface area contributed by atoms with Gasteiger partial charge in [0.05, 0.1) is 24.0 Å². The van der Waals surface area contributed by atoms with E-state index in [4.69, 9.17) is 14.6 Å². The first-order valence-corrected chi connectivity index (χ1v) is 7.55. The summed E-state index contributed by atoms with van der Waals surface area (Å²) in [7, 11) is 3.16. The first kappa shape index (κ1) is 15.9. The maximum absolute atomic E-state index is 12.7. The van der Waals surface area contributed by atoms with Crippen LogP contribution in [0.25, 0.3) is 0 Å². The lowest BCUT2D eigenvalue weighted by atomic mass is 10.1. The third kappa shape index (κ3) is 3.61. The summed E-state index contributed by atoms with van der Waals surface area (Å²) in [5, 5.41) is 10.9. The molecule has 0 spiro atoms. The molecular formula is C14H19NO5S. The molecule has 2 atom stereocenters. The number of rotatable bonds is 6. The van der Waals surface area contributed by atoms with E-state index < -0.39 is 5.97 Å². The number of aliphatic carboxylic acids is 1. The van der Waals surface area contributed by atoms with Crippen molar-refractivity contribution in [3.8, 4) is 0 Å². The van der Waals surface area contributed by atoms with Crippen LogP contribution in [0.5, 0.6) is 0 Å². The maximum atomic E-state index is 12.7. The summed E-state index contributed by atoms with van der Waals surface area (Å²) in [5.74, 6) is -1.04. The summed E-state index contributed by atoms with van der Waals surface area (Å²) >= 11 is 1.35. The average Bonchev–Trinajstić information content (AvgIpc) is 3.04. The summed E-state index contributed by atoms with van der Waals surface area (Å²) in [6.07, 6.45) is 0.389. The van der Waals surface area contributed by atoms with Crippen LogP contribution in [-0.4, -0.2) is 54.8 Å². The maximum Gasteiger partial charge on any atom is 0.305 e. The van der Waals surface area contributed by atoms with Gasteiger partial charge in [-0.1, -0.05) is 0 Å². The Labute approximate surface area is 127 Å². The zero-order valence-electron chi connectivity index (χ0n) is 12.1. The Morgan fingerprint density at radius 3 is 2.86 bits per heavy atom. The molecule has 0 saturated carbocycles. The molecule has 6 nitrogen and oxygen atoms in total. The molecule has 1 aliphatic heterocycles. The SMILES string of the molecule is COCc1ccsc1C(=O)N1CC(OC)CC1CC(=O)O. The minimum Gasteiger partial charge on any atom is -0.481 e. The van der Waals surface area contributed by atoms with Crippen molar-refractivity contribution in [1.82, 2.24) is 4.90 Å². The van der Waals surface area contributed by atoms with Crippen molar-refractivity contribution in [2.45, 2.75) is 31.6 Å². The monoisotopic (exact) mass is 313 g/mol. The lowest BCUT2D eigenvalue weighted by molar-refractivity contribution is -0.137. The van der Waals surface area contributed by atoms with Crippen LogP contribution in [-0.2, 0) is 20.9 Å². The molecule has 2 unspecified atom stereocenters. The molecule has 0 bridgehead atoms. The zero-order valence-corrected chi connectivity index (χ0v) is 12.9. The van der Waals surface area contributed by atoms with Gasteiger partial charge >= 0.3 is 5.97 Å². The highest BCUT2D eigenvalue weighted by Crippen LogP contribution is 2.28. The van der Waals surface area contributed by atoms with Gasteiger partial charge in [0, 0.05) is 32.4 Å². The van der Waals surface area contributed by atoms with Gasteiger partial charge in [-0.15, -0.1) is 11.3 Å². The second-order valence-electron chi connectivity index (χ2n) is 5.01. The first-order chi connectivity index (χ1) is 10.1. The quantitative estimate of drug-likeness (QED) is 0.863. The molecule has 1 N–H and O–H groups in total. The van der Waals surface area contributed by atoms with Crippen molar-refractivity contribution in [1.29, 1.82) is 0 Å². The van der Waals surface area contributed by atoms with E-state index in [-0.39, 0.29) is 24.5 Å². The normalized spacial score (nSPS) is 21.7. The number of hydrogen-bond donors (Lipinski definition) is 1. The highest BCUT2D eigenvalue weighted by molar-refractivity contribution is 7.12. The van der Waals surface area contributed by atoms with Crippen molar-refractivity contribution in [3.63, 3.8) is 0 Å². The summed E-state index contributed by atoms with van der Waals surface area (Å²) in [6, 6.07) is 1.54. The number of carbonyl (C=O) groups is 2. The number of nitrogens with zero attached hydrogens (tertiary/aromatic N) is 1. The van der Waals surface area contributed by atoms with Crippen LogP contribution in [0.15, 0.2) is 11.4 Å². The number of thiophene rings is 1. The fourth-order valence-electron chi connectivity index (χ4n) is 2.61. The van der Waals surface area contributed by atoms with Crippen molar-refractivity contribution < 1.29 is 24.2 Å². The number of carbonyl (C=O) groups excluding carboxylic acids is 1. The third-order valence-corrected chi connectivity index (χ3v) is 4.57. The van der Waals surface area contributed by atoms with Gasteiger partial charge < -0.3 is 19.5 Å². The van der Waals surface area contributed by atoms with Gasteiger partial charge in [0.15, 0.2) is 0 Å². The molecule has 1 fully saturated rings. The van der Waals surface area contributed by atoms with Gasteiger partial charge in [-0.05, 0) is 17.9 Å². The van der Waals surface area contributed by atoms with Crippen LogP contribution in [0.1, 0.15) is 28.1 Å².